The predicted octanol–water partition coefficient (Wildman–Crippen LogP) is 5.66. The van der Waals surface area contributed by atoms with Gasteiger partial charge in [-0.05, 0) is 104 Å². The Morgan fingerprint density at radius 1 is 0.797 bits per heavy atom. The van der Waals surface area contributed by atoms with Crippen molar-refractivity contribution in [3.8, 4) is 0 Å². The van der Waals surface area contributed by atoms with Crippen molar-refractivity contribution in [2.75, 3.05) is 57.7 Å². The molecule has 3 amide bonds. The Morgan fingerprint density at radius 2 is 1.47 bits per heavy atom. The van der Waals surface area contributed by atoms with Crippen LogP contribution in [0, 0.1) is 0 Å². The molecule has 59 heavy (non-hydrogen) atoms. The summed E-state index contributed by atoms with van der Waals surface area (Å²) < 4.78 is 9.69. The highest BCUT2D eigenvalue weighted by molar-refractivity contribution is 7.17. The monoisotopic (exact) mass is 826 g/mol. The van der Waals surface area contributed by atoms with E-state index in [0.29, 0.717) is 33.9 Å². The smallest absolute Gasteiger partial charge is 0.337 e. The number of amides is 3. The molecule has 0 saturated heterocycles. The number of aliphatic hydroxyl groups is 2. The summed E-state index contributed by atoms with van der Waals surface area (Å²) in [6.07, 6.45) is 5.11. The third kappa shape index (κ3) is 12.5. The number of nitrogens with one attached hydrogen (secondary N) is 2. The van der Waals surface area contributed by atoms with Crippen molar-refractivity contribution >= 4 is 51.7 Å². The number of aliphatic hydroxyl groups excluding tert-OH is 2. The molecule has 13 nitrogen and oxygen atoms in total. The highest BCUT2D eigenvalue weighted by atomic mass is 32.1. The van der Waals surface area contributed by atoms with Crippen molar-refractivity contribution in [2.24, 2.45) is 0 Å². The van der Waals surface area contributed by atoms with Crippen LogP contribution in [0.4, 0.5) is 10.7 Å². The summed E-state index contributed by atoms with van der Waals surface area (Å²) in [6.45, 7) is 2.21. The minimum atomic E-state index is -0.608. The molecule has 0 saturated carbocycles. The second kappa shape index (κ2) is 22.1. The molecule has 5 rings (SSSR count). The third-order valence-electron chi connectivity index (χ3n) is 10.4. The number of likely N-dealkylation sites (N-methyl/N-ethyl adjacent to an activating group) is 1. The zero-order valence-corrected chi connectivity index (χ0v) is 34.8. The number of methoxy groups -OCH3 is 1. The van der Waals surface area contributed by atoms with Gasteiger partial charge >= 0.3 is 11.9 Å². The number of fused-ring (bicyclic) bond motifs is 1. The van der Waals surface area contributed by atoms with Crippen LogP contribution >= 0.6 is 11.3 Å². The molecule has 0 aliphatic heterocycles. The largest absolute Gasteiger partial charge is 0.466 e. The van der Waals surface area contributed by atoms with Crippen molar-refractivity contribution in [1.29, 1.82) is 0 Å². The van der Waals surface area contributed by atoms with Gasteiger partial charge in [-0.2, -0.15) is 0 Å². The van der Waals surface area contributed by atoms with Crippen molar-refractivity contribution in [2.45, 2.75) is 70.9 Å². The average molecular weight is 827 g/mol. The number of carbonyl (C=O) groups is 5. The summed E-state index contributed by atoms with van der Waals surface area (Å²) in [7, 11) is 2.99. The SMILES string of the molecule is CCOC(=O)CCC(=O)N(C)CCN(Cc1cccc(C(=O)Nc2sc3c(c2C(=O)Nc2ccc(CCc4ccc(C(=O)OC)cc4)cc2)CCCC3)c1)C(CO)CO. The highest BCUT2D eigenvalue weighted by Crippen LogP contribution is 2.39. The molecule has 3 aromatic carbocycles. The number of hydrogen-bond acceptors (Lipinski definition) is 11. The average Bonchev–Trinajstić information content (AvgIpc) is 3.62. The standard InChI is InChI=1S/C45H54N4O9S/c1-4-58-40(53)23-22-39(52)48(2)24-25-49(36(28-50)29-51)27-32-8-7-9-34(26-32)42(54)47-44-41(37-10-5-6-11-38(37)59-44)43(55)46-35-20-16-31(17-21-35)13-12-30-14-18-33(19-15-30)45(56)57-3/h7-9,14-21,26,36,50-51H,4-6,10-13,22-25,27-29H2,1-3H3,(H,46,55)(H,47,54). The van der Waals surface area contributed by atoms with E-state index in [0.717, 1.165) is 65.7 Å². The maximum absolute atomic E-state index is 13.9. The van der Waals surface area contributed by atoms with Crippen molar-refractivity contribution in [3.05, 3.63) is 117 Å². The number of rotatable bonds is 20. The number of thiophene rings is 1. The molecule has 0 bridgehead atoms. The summed E-state index contributed by atoms with van der Waals surface area (Å²) in [5.74, 6) is -1.69. The maximum atomic E-state index is 13.9. The van der Waals surface area contributed by atoms with Gasteiger partial charge in [-0.15, -0.1) is 11.3 Å². The number of esters is 2. The molecule has 1 heterocycles. The number of hydrogen-bond donors (Lipinski definition) is 4. The van der Waals surface area contributed by atoms with Gasteiger partial charge in [0.25, 0.3) is 11.8 Å². The van der Waals surface area contributed by atoms with E-state index in [1.165, 1.54) is 23.3 Å². The zero-order chi connectivity index (χ0) is 42.3. The van der Waals surface area contributed by atoms with Crippen LogP contribution in [0.3, 0.4) is 0 Å². The third-order valence-corrected chi connectivity index (χ3v) is 11.6. The fraction of sp³-hybridized carbons (Fsp3) is 0.400. The lowest BCUT2D eigenvalue weighted by Gasteiger charge is -2.31. The molecular formula is C45H54N4O9S. The normalized spacial score (nSPS) is 12.2. The summed E-state index contributed by atoms with van der Waals surface area (Å²) >= 11 is 1.44. The van der Waals surface area contributed by atoms with E-state index >= 15 is 0 Å². The maximum Gasteiger partial charge on any atom is 0.337 e. The van der Waals surface area contributed by atoms with Gasteiger partial charge in [0.05, 0.1) is 50.5 Å². The number of nitrogens with zero attached hydrogens (tertiary/aromatic N) is 2. The minimum Gasteiger partial charge on any atom is -0.466 e. The second-order valence-corrected chi connectivity index (χ2v) is 15.6. The first kappa shape index (κ1) is 44.7. The van der Waals surface area contributed by atoms with Crippen LogP contribution in [-0.4, -0.2) is 103 Å². The van der Waals surface area contributed by atoms with E-state index in [9.17, 15) is 34.2 Å². The molecule has 0 radical (unpaired) electrons. The first-order valence-corrected chi connectivity index (χ1v) is 20.8. The Morgan fingerprint density at radius 3 is 2.14 bits per heavy atom. The topological polar surface area (TPSA) is 175 Å². The van der Waals surface area contributed by atoms with Gasteiger partial charge < -0.3 is 35.2 Å². The van der Waals surface area contributed by atoms with Crippen LogP contribution in [0.25, 0.3) is 0 Å². The molecule has 314 valence electrons. The van der Waals surface area contributed by atoms with Crippen LogP contribution in [-0.2, 0) is 51.3 Å². The van der Waals surface area contributed by atoms with Crippen LogP contribution in [0.15, 0.2) is 72.8 Å². The van der Waals surface area contributed by atoms with Crippen LogP contribution in [0.2, 0.25) is 0 Å². The van der Waals surface area contributed by atoms with Crippen molar-refractivity contribution < 1.29 is 43.7 Å². The minimum absolute atomic E-state index is 0.0131. The summed E-state index contributed by atoms with van der Waals surface area (Å²) in [5, 5.41) is 26.7. The first-order valence-electron chi connectivity index (χ1n) is 20.0. The van der Waals surface area contributed by atoms with Gasteiger partial charge in [0, 0.05) is 49.2 Å². The highest BCUT2D eigenvalue weighted by Gasteiger charge is 2.27. The van der Waals surface area contributed by atoms with Gasteiger partial charge in [-0.1, -0.05) is 36.4 Å². The summed E-state index contributed by atoms with van der Waals surface area (Å²) in [4.78, 5) is 68.3. The van der Waals surface area contributed by atoms with Crippen molar-refractivity contribution in [3.63, 3.8) is 0 Å². The lowest BCUT2D eigenvalue weighted by molar-refractivity contribution is -0.145. The van der Waals surface area contributed by atoms with E-state index in [1.54, 1.807) is 44.3 Å². The van der Waals surface area contributed by atoms with Gasteiger partial charge in [0.1, 0.15) is 5.00 Å². The van der Waals surface area contributed by atoms with E-state index in [4.69, 9.17) is 9.47 Å². The molecule has 0 atom stereocenters. The van der Waals surface area contributed by atoms with Crippen LogP contribution < -0.4 is 10.6 Å². The van der Waals surface area contributed by atoms with E-state index in [-0.39, 0.29) is 69.4 Å². The number of carbonyl (C=O) groups excluding carboxylic acids is 5. The zero-order valence-electron chi connectivity index (χ0n) is 34.0. The Bertz CT molecular complexity index is 2060. The Labute approximate surface area is 349 Å². The van der Waals surface area contributed by atoms with Gasteiger partial charge in [-0.25, -0.2) is 4.79 Å². The van der Waals surface area contributed by atoms with E-state index in [1.807, 2.05) is 47.4 Å². The molecule has 4 aromatic rings. The summed E-state index contributed by atoms with van der Waals surface area (Å²) in [6, 6.07) is 21.5. The summed E-state index contributed by atoms with van der Waals surface area (Å²) in [5.41, 5.74) is 5.93. The van der Waals surface area contributed by atoms with Crippen LogP contribution in [0.5, 0.6) is 0 Å². The second-order valence-electron chi connectivity index (χ2n) is 14.5. The number of ether oxygens (including phenoxy) is 2. The Balaban J connectivity index is 1.23. The molecule has 0 fully saturated rings. The molecule has 1 aliphatic rings. The lowest BCUT2D eigenvalue weighted by atomic mass is 9.95. The molecule has 1 aliphatic carbocycles. The predicted molar refractivity (Wildman–Crippen MR) is 227 cm³/mol. The lowest BCUT2D eigenvalue weighted by Crippen LogP contribution is -2.44. The number of aryl methyl sites for hydroxylation is 3. The quantitative estimate of drug-likeness (QED) is 0.0815. The molecule has 1 aromatic heterocycles. The van der Waals surface area contributed by atoms with Gasteiger partial charge in [0.15, 0.2) is 0 Å². The Hall–Kier alpha value is -5.41. The molecule has 0 spiro atoms. The fourth-order valence-electron chi connectivity index (χ4n) is 6.99. The first-order chi connectivity index (χ1) is 28.5. The van der Waals surface area contributed by atoms with E-state index in [2.05, 4.69) is 10.6 Å². The van der Waals surface area contributed by atoms with Crippen LogP contribution in [0.1, 0.15) is 90.8 Å². The number of benzene rings is 3. The molecule has 4 N–H and O–H groups in total. The van der Waals surface area contributed by atoms with Gasteiger partial charge in [-0.3, -0.25) is 24.1 Å². The van der Waals surface area contributed by atoms with E-state index < -0.39 is 12.0 Å². The van der Waals surface area contributed by atoms with Gasteiger partial charge in [0.2, 0.25) is 5.91 Å². The molecule has 0 unspecified atom stereocenters. The number of anilines is 2. The fourth-order valence-corrected chi connectivity index (χ4v) is 8.27. The molecular weight excluding hydrogens is 773 g/mol. The van der Waals surface area contributed by atoms with Crippen molar-refractivity contribution in [1.82, 2.24) is 9.80 Å². The Kier molecular flexibility index (Phi) is 16.7. The molecule has 14 heteroatoms.